The quantitative estimate of drug-likeness (QED) is 0.806. The second kappa shape index (κ2) is 7.90. The van der Waals surface area contributed by atoms with Crippen LogP contribution in [0.4, 0.5) is 4.39 Å². The Labute approximate surface area is 150 Å². The molecule has 0 atom stereocenters. The van der Waals surface area contributed by atoms with E-state index >= 15 is 0 Å². The SMILES string of the molecule is O=C(NCc1ccc(C[NH+]2CCCC2)cc1)c1ccc(F)cc1Br. The molecule has 3 nitrogen and oxygen atoms in total. The molecule has 2 aromatic rings. The summed E-state index contributed by atoms with van der Waals surface area (Å²) in [5.41, 5.74) is 2.83. The van der Waals surface area contributed by atoms with E-state index in [1.54, 1.807) is 4.90 Å². The van der Waals surface area contributed by atoms with Crippen LogP contribution in [0.5, 0.6) is 0 Å². The molecular weight excluding hydrogens is 371 g/mol. The number of benzene rings is 2. The third-order valence-corrected chi connectivity index (χ3v) is 5.07. The summed E-state index contributed by atoms with van der Waals surface area (Å²) in [7, 11) is 0. The van der Waals surface area contributed by atoms with Gasteiger partial charge in [0.05, 0.1) is 18.7 Å². The summed E-state index contributed by atoms with van der Waals surface area (Å²) in [6, 6.07) is 12.5. The summed E-state index contributed by atoms with van der Waals surface area (Å²) in [4.78, 5) is 13.8. The minimum atomic E-state index is -0.367. The molecule has 0 aliphatic carbocycles. The maximum Gasteiger partial charge on any atom is 0.252 e. The minimum Gasteiger partial charge on any atom is -0.348 e. The first-order chi connectivity index (χ1) is 11.6. The summed E-state index contributed by atoms with van der Waals surface area (Å²) in [6.45, 7) is 4.07. The smallest absolute Gasteiger partial charge is 0.252 e. The molecule has 1 heterocycles. The molecule has 1 aliphatic heterocycles. The highest BCUT2D eigenvalue weighted by Crippen LogP contribution is 2.18. The fourth-order valence-corrected chi connectivity index (χ4v) is 3.60. The standard InChI is InChI=1S/C19H20BrFN2O/c20-18-11-16(21)7-8-17(18)19(24)22-12-14-3-5-15(6-4-14)13-23-9-1-2-10-23/h3-8,11H,1-2,9-10,12-13H2,(H,22,24)/p+1. The molecule has 1 fully saturated rings. The van der Waals surface area contributed by atoms with E-state index in [0.717, 1.165) is 12.1 Å². The maximum atomic E-state index is 13.1. The number of hydrogen-bond acceptors (Lipinski definition) is 1. The van der Waals surface area contributed by atoms with E-state index in [4.69, 9.17) is 0 Å². The molecule has 1 amide bonds. The molecule has 2 N–H and O–H groups in total. The van der Waals surface area contributed by atoms with Crippen molar-refractivity contribution in [2.45, 2.75) is 25.9 Å². The summed E-state index contributed by atoms with van der Waals surface area (Å²) >= 11 is 3.22. The van der Waals surface area contributed by atoms with Crippen LogP contribution in [-0.4, -0.2) is 19.0 Å². The van der Waals surface area contributed by atoms with Crippen LogP contribution in [0.25, 0.3) is 0 Å². The van der Waals surface area contributed by atoms with Gasteiger partial charge >= 0.3 is 0 Å². The van der Waals surface area contributed by atoms with Gasteiger partial charge in [0, 0.05) is 29.4 Å². The number of amides is 1. The zero-order valence-electron chi connectivity index (χ0n) is 13.4. The molecule has 0 radical (unpaired) electrons. The van der Waals surface area contributed by atoms with Gasteiger partial charge in [0.25, 0.3) is 5.91 Å². The molecule has 1 saturated heterocycles. The number of rotatable bonds is 5. The Morgan fingerprint density at radius 1 is 1.08 bits per heavy atom. The van der Waals surface area contributed by atoms with Gasteiger partial charge in [-0.3, -0.25) is 4.79 Å². The molecule has 2 aromatic carbocycles. The Kier molecular flexibility index (Phi) is 5.63. The van der Waals surface area contributed by atoms with Crippen molar-refractivity contribution in [2.24, 2.45) is 0 Å². The molecule has 0 unspecified atom stereocenters. The molecule has 0 aromatic heterocycles. The molecular formula is C19H21BrFN2O+. The van der Waals surface area contributed by atoms with Crippen molar-refractivity contribution in [1.29, 1.82) is 0 Å². The third-order valence-electron chi connectivity index (χ3n) is 4.42. The molecule has 1 aliphatic rings. The lowest BCUT2D eigenvalue weighted by molar-refractivity contribution is -0.901. The first kappa shape index (κ1) is 17.1. The fraction of sp³-hybridized carbons (Fsp3) is 0.316. The predicted molar refractivity (Wildman–Crippen MR) is 95.3 cm³/mol. The third kappa shape index (κ3) is 4.42. The van der Waals surface area contributed by atoms with Crippen molar-refractivity contribution in [2.75, 3.05) is 13.1 Å². The second-order valence-electron chi connectivity index (χ2n) is 6.26. The lowest BCUT2D eigenvalue weighted by Gasteiger charge is -2.12. The van der Waals surface area contributed by atoms with Gasteiger partial charge in [-0.15, -0.1) is 0 Å². The average molecular weight is 392 g/mol. The highest BCUT2D eigenvalue weighted by molar-refractivity contribution is 9.10. The zero-order valence-corrected chi connectivity index (χ0v) is 15.0. The van der Waals surface area contributed by atoms with Crippen LogP contribution >= 0.6 is 15.9 Å². The van der Waals surface area contributed by atoms with Crippen LogP contribution in [0.1, 0.15) is 34.3 Å². The molecule has 0 saturated carbocycles. The van der Waals surface area contributed by atoms with Gasteiger partial charge in [0.2, 0.25) is 0 Å². The second-order valence-corrected chi connectivity index (χ2v) is 7.11. The van der Waals surface area contributed by atoms with E-state index in [1.807, 2.05) is 0 Å². The van der Waals surface area contributed by atoms with Crippen LogP contribution < -0.4 is 10.2 Å². The van der Waals surface area contributed by atoms with Crippen molar-refractivity contribution in [1.82, 2.24) is 5.32 Å². The van der Waals surface area contributed by atoms with Crippen molar-refractivity contribution >= 4 is 21.8 Å². The van der Waals surface area contributed by atoms with E-state index < -0.39 is 0 Å². The summed E-state index contributed by atoms with van der Waals surface area (Å²) in [6.07, 6.45) is 2.66. The fourth-order valence-electron chi connectivity index (χ4n) is 3.07. The normalized spacial score (nSPS) is 14.8. The molecule has 5 heteroatoms. The predicted octanol–water partition coefficient (Wildman–Crippen LogP) is 2.70. The summed E-state index contributed by atoms with van der Waals surface area (Å²) in [5, 5.41) is 2.87. The van der Waals surface area contributed by atoms with E-state index in [1.165, 1.54) is 49.7 Å². The average Bonchev–Trinajstić information content (AvgIpc) is 3.07. The number of carbonyl (C=O) groups excluding carboxylic acids is 1. The van der Waals surface area contributed by atoms with E-state index in [-0.39, 0.29) is 11.7 Å². The van der Waals surface area contributed by atoms with Gasteiger partial charge in [-0.2, -0.15) is 0 Å². The van der Waals surface area contributed by atoms with Gasteiger partial charge in [0.15, 0.2) is 0 Å². The first-order valence-corrected chi connectivity index (χ1v) is 9.06. The number of hydrogen-bond donors (Lipinski definition) is 2. The maximum absolute atomic E-state index is 13.1. The first-order valence-electron chi connectivity index (χ1n) is 8.26. The van der Waals surface area contributed by atoms with Crippen molar-refractivity contribution in [3.8, 4) is 0 Å². The van der Waals surface area contributed by atoms with Gasteiger partial charge in [-0.1, -0.05) is 24.3 Å². The van der Waals surface area contributed by atoms with Crippen LogP contribution in [0.15, 0.2) is 46.9 Å². The number of quaternary nitrogens is 1. The Morgan fingerprint density at radius 3 is 2.42 bits per heavy atom. The van der Waals surface area contributed by atoms with E-state index in [0.29, 0.717) is 16.6 Å². The van der Waals surface area contributed by atoms with E-state index in [2.05, 4.69) is 45.5 Å². The molecule has 3 rings (SSSR count). The van der Waals surface area contributed by atoms with Crippen molar-refractivity contribution in [3.63, 3.8) is 0 Å². The monoisotopic (exact) mass is 391 g/mol. The molecule has 24 heavy (non-hydrogen) atoms. The minimum absolute atomic E-state index is 0.215. The van der Waals surface area contributed by atoms with Crippen LogP contribution in [0, 0.1) is 5.82 Å². The number of nitrogens with one attached hydrogen (secondary N) is 2. The lowest BCUT2D eigenvalue weighted by atomic mass is 10.1. The van der Waals surface area contributed by atoms with Gasteiger partial charge in [-0.25, -0.2) is 4.39 Å². The lowest BCUT2D eigenvalue weighted by Crippen LogP contribution is -3.08. The Balaban J connectivity index is 1.55. The topological polar surface area (TPSA) is 33.5 Å². The van der Waals surface area contributed by atoms with E-state index in [9.17, 15) is 9.18 Å². The Morgan fingerprint density at radius 2 is 1.75 bits per heavy atom. The van der Waals surface area contributed by atoms with Crippen molar-refractivity contribution in [3.05, 3.63) is 69.4 Å². The van der Waals surface area contributed by atoms with Gasteiger partial charge < -0.3 is 10.2 Å². The molecule has 0 bridgehead atoms. The van der Waals surface area contributed by atoms with Gasteiger partial charge in [-0.05, 0) is 39.7 Å². The molecule has 126 valence electrons. The van der Waals surface area contributed by atoms with Crippen molar-refractivity contribution < 1.29 is 14.1 Å². The summed E-state index contributed by atoms with van der Waals surface area (Å²) < 4.78 is 13.5. The zero-order chi connectivity index (χ0) is 16.9. The largest absolute Gasteiger partial charge is 0.348 e. The Bertz CT molecular complexity index is 712. The number of carbonyl (C=O) groups is 1. The highest BCUT2D eigenvalue weighted by atomic mass is 79.9. The summed E-state index contributed by atoms with van der Waals surface area (Å²) in [5.74, 6) is -0.582. The number of halogens is 2. The molecule has 0 spiro atoms. The highest BCUT2D eigenvalue weighted by Gasteiger charge is 2.15. The van der Waals surface area contributed by atoms with Crippen LogP contribution in [-0.2, 0) is 13.1 Å². The van der Waals surface area contributed by atoms with Crippen LogP contribution in [0.2, 0.25) is 0 Å². The number of likely N-dealkylation sites (tertiary alicyclic amines) is 1. The Hall–Kier alpha value is -1.72. The van der Waals surface area contributed by atoms with Gasteiger partial charge in [0.1, 0.15) is 12.4 Å². The van der Waals surface area contributed by atoms with Crippen LogP contribution in [0.3, 0.4) is 0 Å².